The normalized spacial score (nSPS) is 10.2. The number of carbonyl (C=O) groups excluding carboxylic acids is 1. The first-order valence-electron chi connectivity index (χ1n) is 4.85. The van der Waals surface area contributed by atoms with E-state index in [1.54, 1.807) is 0 Å². The Morgan fingerprint density at radius 3 is 1.75 bits per heavy atom. The van der Waals surface area contributed by atoms with Crippen LogP contribution in [0.4, 0.5) is 0 Å². The average molecular weight is 232 g/mol. The Morgan fingerprint density at radius 2 is 1.50 bits per heavy atom. The maximum Gasteiger partial charge on any atom is 0.319 e. The number of aliphatic carboxylic acids is 2. The summed E-state index contributed by atoms with van der Waals surface area (Å²) in [4.78, 5) is 32.3. The van der Waals surface area contributed by atoms with Gasteiger partial charge in [0.05, 0.1) is 0 Å². The second-order valence-corrected chi connectivity index (χ2v) is 3.25. The zero-order valence-corrected chi connectivity index (χ0v) is 9.34. The first-order chi connectivity index (χ1) is 7.38. The van der Waals surface area contributed by atoms with Gasteiger partial charge in [-0.1, -0.05) is 6.92 Å². The molecule has 7 nitrogen and oxygen atoms in total. The molecule has 92 valence electrons. The fourth-order valence-electron chi connectivity index (χ4n) is 1.25. The summed E-state index contributed by atoms with van der Waals surface area (Å²) in [5.41, 5.74) is 0. The van der Waals surface area contributed by atoms with Crippen LogP contribution in [-0.4, -0.2) is 57.7 Å². The van der Waals surface area contributed by atoms with Gasteiger partial charge in [-0.05, 0) is 6.42 Å². The highest BCUT2D eigenvalue weighted by atomic mass is 16.4. The summed E-state index contributed by atoms with van der Waals surface area (Å²) in [5.74, 6) is -2.73. The SMILES string of the molecule is CCCN(C(C)=O)N(CC(=O)O)CC(=O)O. The number of amides is 1. The molecule has 0 aliphatic heterocycles. The number of hydrazine groups is 1. The Labute approximate surface area is 93.2 Å². The Kier molecular flexibility index (Phi) is 6.09. The van der Waals surface area contributed by atoms with Gasteiger partial charge in [-0.2, -0.15) is 5.01 Å². The van der Waals surface area contributed by atoms with E-state index in [0.717, 1.165) is 10.0 Å². The van der Waals surface area contributed by atoms with E-state index < -0.39 is 25.0 Å². The lowest BCUT2D eigenvalue weighted by atomic mass is 10.4. The molecule has 7 heteroatoms. The molecule has 0 bridgehead atoms. The molecule has 0 aliphatic carbocycles. The number of carbonyl (C=O) groups is 3. The van der Waals surface area contributed by atoms with Gasteiger partial charge in [0.25, 0.3) is 0 Å². The van der Waals surface area contributed by atoms with Gasteiger partial charge in [0.15, 0.2) is 0 Å². The summed E-state index contributed by atoms with van der Waals surface area (Å²) < 4.78 is 0. The van der Waals surface area contributed by atoms with Crippen molar-refractivity contribution in [3.63, 3.8) is 0 Å². The van der Waals surface area contributed by atoms with E-state index in [2.05, 4.69) is 0 Å². The van der Waals surface area contributed by atoms with Crippen molar-refractivity contribution >= 4 is 17.8 Å². The van der Waals surface area contributed by atoms with E-state index in [1.807, 2.05) is 6.92 Å². The fourth-order valence-corrected chi connectivity index (χ4v) is 1.25. The molecule has 0 saturated carbocycles. The molecule has 16 heavy (non-hydrogen) atoms. The molecule has 0 rings (SSSR count). The van der Waals surface area contributed by atoms with Gasteiger partial charge in [-0.25, -0.2) is 0 Å². The summed E-state index contributed by atoms with van der Waals surface area (Å²) >= 11 is 0. The average Bonchev–Trinajstić information content (AvgIpc) is 2.10. The fraction of sp³-hybridized carbons (Fsp3) is 0.667. The van der Waals surface area contributed by atoms with Gasteiger partial charge in [0.1, 0.15) is 13.1 Å². The van der Waals surface area contributed by atoms with E-state index >= 15 is 0 Å². The monoisotopic (exact) mass is 232 g/mol. The van der Waals surface area contributed by atoms with Gasteiger partial charge >= 0.3 is 11.9 Å². The predicted octanol–water partition coefficient (Wildman–Crippen LogP) is -0.369. The molecule has 0 saturated heterocycles. The van der Waals surface area contributed by atoms with Crippen LogP contribution in [0, 0.1) is 0 Å². The van der Waals surface area contributed by atoms with Gasteiger partial charge in [-0.15, -0.1) is 0 Å². The number of hydrogen-bond donors (Lipinski definition) is 2. The molecular formula is C9H16N2O5. The topological polar surface area (TPSA) is 98.2 Å². The summed E-state index contributed by atoms with van der Waals surface area (Å²) in [6.07, 6.45) is 0.620. The van der Waals surface area contributed by atoms with Crippen molar-refractivity contribution in [3.05, 3.63) is 0 Å². The minimum absolute atomic E-state index is 0.301. The molecule has 0 aromatic carbocycles. The van der Waals surface area contributed by atoms with Crippen LogP contribution >= 0.6 is 0 Å². The third-order valence-electron chi connectivity index (χ3n) is 1.78. The highest BCUT2D eigenvalue weighted by molar-refractivity contribution is 5.76. The Balaban J connectivity index is 4.72. The molecule has 0 aromatic heterocycles. The van der Waals surface area contributed by atoms with Gasteiger partial charge in [0, 0.05) is 13.5 Å². The predicted molar refractivity (Wildman–Crippen MR) is 54.5 cm³/mol. The van der Waals surface area contributed by atoms with E-state index in [0.29, 0.717) is 13.0 Å². The molecule has 0 atom stereocenters. The highest BCUT2D eigenvalue weighted by Crippen LogP contribution is 2.01. The van der Waals surface area contributed by atoms with E-state index in [-0.39, 0.29) is 5.91 Å². The second kappa shape index (κ2) is 6.78. The molecule has 0 fully saturated rings. The zero-order chi connectivity index (χ0) is 12.7. The Bertz CT molecular complexity index is 263. The standard InChI is InChI=1S/C9H16N2O5/c1-3-4-11(7(2)12)10(5-8(13)14)6-9(15)16/h3-6H2,1-2H3,(H,13,14)(H,15,16). The van der Waals surface area contributed by atoms with Crippen LogP contribution in [0.3, 0.4) is 0 Å². The zero-order valence-electron chi connectivity index (χ0n) is 9.34. The number of hydrogen-bond acceptors (Lipinski definition) is 4. The number of nitrogens with zero attached hydrogens (tertiary/aromatic N) is 2. The van der Waals surface area contributed by atoms with Crippen molar-refractivity contribution in [1.82, 2.24) is 10.0 Å². The van der Waals surface area contributed by atoms with Crippen LogP contribution in [0.15, 0.2) is 0 Å². The first-order valence-corrected chi connectivity index (χ1v) is 4.85. The molecule has 1 amide bonds. The van der Waals surface area contributed by atoms with Crippen molar-refractivity contribution in [2.24, 2.45) is 0 Å². The van der Waals surface area contributed by atoms with Crippen LogP contribution in [-0.2, 0) is 14.4 Å². The minimum Gasteiger partial charge on any atom is -0.480 e. The molecule has 2 N–H and O–H groups in total. The van der Waals surface area contributed by atoms with E-state index in [9.17, 15) is 14.4 Å². The molecule has 0 unspecified atom stereocenters. The van der Waals surface area contributed by atoms with Crippen LogP contribution < -0.4 is 0 Å². The maximum absolute atomic E-state index is 11.2. The van der Waals surface area contributed by atoms with Crippen LogP contribution in [0.1, 0.15) is 20.3 Å². The summed E-state index contributed by atoms with van der Waals surface area (Å²) in [6.45, 7) is 2.37. The molecule has 0 aromatic rings. The van der Waals surface area contributed by atoms with Crippen LogP contribution in [0.5, 0.6) is 0 Å². The van der Waals surface area contributed by atoms with Gasteiger partial charge < -0.3 is 10.2 Å². The molecule has 0 aliphatic rings. The Morgan fingerprint density at radius 1 is 1.06 bits per heavy atom. The molecule has 0 heterocycles. The smallest absolute Gasteiger partial charge is 0.319 e. The Hall–Kier alpha value is -1.63. The second-order valence-electron chi connectivity index (χ2n) is 3.25. The largest absolute Gasteiger partial charge is 0.480 e. The summed E-state index contributed by atoms with van der Waals surface area (Å²) in [6, 6.07) is 0. The summed E-state index contributed by atoms with van der Waals surface area (Å²) in [7, 11) is 0. The highest BCUT2D eigenvalue weighted by Gasteiger charge is 2.22. The third-order valence-corrected chi connectivity index (χ3v) is 1.78. The van der Waals surface area contributed by atoms with Gasteiger partial charge in [0.2, 0.25) is 5.91 Å². The van der Waals surface area contributed by atoms with E-state index in [4.69, 9.17) is 10.2 Å². The van der Waals surface area contributed by atoms with Crippen LogP contribution in [0.25, 0.3) is 0 Å². The van der Waals surface area contributed by atoms with Crippen molar-refractivity contribution in [2.75, 3.05) is 19.6 Å². The maximum atomic E-state index is 11.2. The molecular weight excluding hydrogens is 216 g/mol. The van der Waals surface area contributed by atoms with Crippen molar-refractivity contribution in [2.45, 2.75) is 20.3 Å². The third kappa shape index (κ3) is 5.30. The van der Waals surface area contributed by atoms with Crippen molar-refractivity contribution < 1.29 is 24.6 Å². The number of carboxylic acid groups (broad SMARTS) is 2. The van der Waals surface area contributed by atoms with Gasteiger partial charge in [-0.3, -0.25) is 19.4 Å². The first kappa shape index (κ1) is 14.4. The number of rotatable bonds is 7. The minimum atomic E-state index is -1.18. The van der Waals surface area contributed by atoms with Crippen LogP contribution in [0.2, 0.25) is 0 Å². The lowest BCUT2D eigenvalue weighted by molar-refractivity contribution is -0.160. The van der Waals surface area contributed by atoms with Crippen molar-refractivity contribution in [1.29, 1.82) is 0 Å². The lowest BCUT2D eigenvalue weighted by Crippen LogP contribution is -2.50. The lowest BCUT2D eigenvalue weighted by Gasteiger charge is -2.31. The quantitative estimate of drug-likeness (QED) is 0.581. The molecule has 0 radical (unpaired) electrons. The summed E-state index contributed by atoms with van der Waals surface area (Å²) in [5, 5.41) is 19.4. The van der Waals surface area contributed by atoms with Crippen molar-refractivity contribution in [3.8, 4) is 0 Å². The number of carboxylic acids is 2. The van der Waals surface area contributed by atoms with E-state index in [1.165, 1.54) is 6.92 Å². The molecule has 0 spiro atoms.